The first-order valence-electron chi connectivity index (χ1n) is 8.90. The van der Waals surface area contributed by atoms with Crippen LogP contribution in [-0.2, 0) is 0 Å². The number of benzene rings is 2. The standard InChI is InChI=1S/C22H20BrN3O3/c1-13-10-16(22(28)29)8-9-20(13)26-14(2)11-17(15(26)3)12-24-25-21(27)18-6-4-5-7-19(18)23/h4-12H,1-3H3,(H,25,27)(H,28,29)/b24-12+. The molecule has 0 aliphatic heterocycles. The average molecular weight is 454 g/mol. The molecule has 0 atom stereocenters. The number of carbonyl (C=O) groups is 2. The molecule has 1 amide bonds. The fourth-order valence-electron chi connectivity index (χ4n) is 3.19. The zero-order valence-corrected chi connectivity index (χ0v) is 17.8. The number of rotatable bonds is 5. The molecule has 7 heteroatoms. The largest absolute Gasteiger partial charge is 0.478 e. The van der Waals surface area contributed by atoms with Gasteiger partial charge in [0, 0.05) is 27.1 Å². The molecule has 1 aromatic heterocycles. The molecule has 0 saturated heterocycles. The normalized spacial score (nSPS) is 11.0. The number of amides is 1. The van der Waals surface area contributed by atoms with E-state index in [-0.39, 0.29) is 11.5 Å². The van der Waals surface area contributed by atoms with Crippen molar-refractivity contribution < 1.29 is 14.7 Å². The van der Waals surface area contributed by atoms with Gasteiger partial charge in [-0.15, -0.1) is 0 Å². The third kappa shape index (κ3) is 4.30. The SMILES string of the molecule is Cc1cc(C(=O)O)ccc1-n1c(C)cc(/C=N/NC(=O)c2ccccc2Br)c1C. The highest BCUT2D eigenvalue weighted by atomic mass is 79.9. The predicted molar refractivity (Wildman–Crippen MR) is 116 cm³/mol. The number of hydrogen-bond acceptors (Lipinski definition) is 3. The number of carboxylic acids is 1. The minimum absolute atomic E-state index is 0.255. The second kappa shape index (κ2) is 8.45. The Morgan fingerprint density at radius 1 is 1.10 bits per heavy atom. The lowest BCUT2D eigenvalue weighted by molar-refractivity contribution is 0.0696. The summed E-state index contributed by atoms with van der Waals surface area (Å²) >= 11 is 3.35. The maximum atomic E-state index is 12.3. The number of aryl methyl sites for hydroxylation is 2. The Morgan fingerprint density at radius 3 is 2.48 bits per heavy atom. The number of carbonyl (C=O) groups excluding carboxylic acids is 1. The van der Waals surface area contributed by atoms with Crippen molar-refractivity contribution >= 4 is 34.0 Å². The van der Waals surface area contributed by atoms with Gasteiger partial charge in [0.1, 0.15) is 0 Å². The van der Waals surface area contributed by atoms with E-state index in [1.54, 1.807) is 42.6 Å². The van der Waals surface area contributed by atoms with Gasteiger partial charge in [0.05, 0.1) is 17.3 Å². The van der Waals surface area contributed by atoms with Gasteiger partial charge in [0.15, 0.2) is 0 Å². The van der Waals surface area contributed by atoms with Crippen LogP contribution in [-0.4, -0.2) is 27.8 Å². The lowest BCUT2D eigenvalue weighted by Gasteiger charge is -2.13. The van der Waals surface area contributed by atoms with Crippen LogP contribution in [0.5, 0.6) is 0 Å². The Kier molecular flexibility index (Phi) is 5.98. The number of halogens is 1. The Hall–Kier alpha value is -3.19. The smallest absolute Gasteiger partial charge is 0.335 e. The number of nitrogens with one attached hydrogen (secondary N) is 1. The van der Waals surface area contributed by atoms with Gasteiger partial charge in [0.2, 0.25) is 0 Å². The van der Waals surface area contributed by atoms with Crippen LogP contribution in [0.15, 0.2) is 58.1 Å². The van der Waals surface area contributed by atoms with Crippen LogP contribution in [0.4, 0.5) is 0 Å². The molecule has 0 bridgehead atoms. The summed E-state index contributed by atoms with van der Waals surface area (Å²) in [6, 6.07) is 14.1. The highest BCUT2D eigenvalue weighted by Crippen LogP contribution is 2.23. The van der Waals surface area contributed by atoms with E-state index in [2.05, 4.69) is 26.5 Å². The number of hydrazone groups is 1. The first-order chi connectivity index (χ1) is 13.8. The van der Waals surface area contributed by atoms with Gasteiger partial charge in [-0.1, -0.05) is 12.1 Å². The molecule has 3 rings (SSSR count). The summed E-state index contributed by atoms with van der Waals surface area (Å²) in [7, 11) is 0. The Morgan fingerprint density at radius 2 is 1.83 bits per heavy atom. The van der Waals surface area contributed by atoms with Gasteiger partial charge in [0.25, 0.3) is 5.91 Å². The quantitative estimate of drug-likeness (QED) is 0.436. The molecule has 3 aromatic rings. The summed E-state index contributed by atoms with van der Waals surface area (Å²) in [6.45, 7) is 5.80. The second-order valence-corrected chi connectivity index (χ2v) is 7.50. The molecular weight excluding hydrogens is 434 g/mol. The minimum atomic E-state index is -0.950. The summed E-state index contributed by atoms with van der Waals surface area (Å²) in [5, 5.41) is 13.3. The summed E-state index contributed by atoms with van der Waals surface area (Å²) in [5.41, 5.74) is 7.84. The first kappa shape index (κ1) is 20.5. The molecule has 0 unspecified atom stereocenters. The van der Waals surface area contributed by atoms with Gasteiger partial charge in [-0.2, -0.15) is 5.10 Å². The maximum Gasteiger partial charge on any atom is 0.335 e. The van der Waals surface area contributed by atoms with Crippen LogP contribution in [0.3, 0.4) is 0 Å². The summed E-state index contributed by atoms with van der Waals surface area (Å²) < 4.78 is 2.74. The molecule has 148 valence electrons. The van der Waals surface area contributed by atoms with Gasteiger partial charge in [-0.25, -0.2) is 10.2 Å². The van der Waals surface area contributed by atoms with E-state index in [1.165, 1.54) is 0 Å². The Labute approximate surface area is 177 Å². The predicted octanol–water partition coefficient (Wildman–Crippen LogP) is 4.63. The highest BCUT2D eigenvalue weighted by molar-refractivity contribution is 9.10. The van der Waals surface area contributed by atoms with Crippen molar-refractivity contribution in [3.8, 4) is 5.69 Å². The lowest BCUT2D eigenvalue weighted by Crippen LogP contribution is -2.18. The third-order valence-electron chi connectivity index (χ3n) is 4.64. The van der Waals surface area contributed by atoms with E-state index < -0.39 is 5.97 Å². The van der Waals surface area contributed by atoms with Gasteiger partial charge >= 0.3 is 5.97 Å². The van der Waals surface area contributed by atoms with Crippen LogP contribution in [0.25, 0.3) is 5.69 Å². The average Bonchev–Trinajstić information content (AvgIpc) is 2.95. The lowest BCUT2D eigenvalue weighted by atomic mass is 10.1. The van der Waals surface area contributed by atoms with Crippen molar-refractivity contribution in [1.82, 2.24) is 9.99 Å². The molecule has 0 saturated carbocycles. The van der Waals surface area contributed by atoms with Crippen LogP contribution in [0, 0.1) is 20.8 Å². The maximum absolute atomic E-state index is 12.3. The number of aromatic carboxylic acids is 1. The minimum Gasteiger partial charge on any atom is -0.478 e. The summed E-state index contributed by atoms with van der Waals surface area (Å²) in [5.74, 6) is -1.25. The van der Waals surface area contributed by atoms with Gasteiger partial charge in [-0.3, -0.25) is 4.79 Å². The Balaban J connectivity index is 1.85. The molecule has 0 radical (unpaired) electrons. The van der Waals surface area contributed by atoms with E-state index >= 15 is 0 Å². The molecule has 0 fully saturated rings. The second-order valence-electron chi connectivity index (χ2n) is 6.65. The Bertz CT molecular complexity index is 1130. The summed E-state index contributed by atoms with van der Waals surface area (Å²) in [4.78, 5) is 23.4. The van der Waals surface area contributed by atoms with Crippen LogP contribution in [0.1, 0.15) is 43.2 Å². The number of nitrogens with zero attached hydrogens (tertiary/aromatic N) is 2. The van der Waals surface area contributed by atoms with E-state index in [1.807, 2.05) is 37.5 Å². The molecule has 29 heavy (non-hydrogen) atoms. The van der Waals surface area contributed by atoms with Crippen LogP contribution < -0.4 is 5.43 Å². The number of aromatic nitrogens is 1. The molecule has 0 aliphatic rings. The van der Waals surface area contributed by atoms with Crippen LogP contribution >= 0.6 is 15.9 Å². The third-order valence-corrected chi connectivity index (χ3v) is 5.33. The van der Waals surface area contributed by atoms with E-state index in [4.69, 9.17) is 5.11 Å². The van der Waals surface area contributed by atoms with Gasteiger partial charge < -0.3 is 9.67 Å². The molecule has 6 nitrogen and oxygen atoms in total. The van der Waals surface area contributed by atoms with Gasteiger partial charge in [-0.05, 0) is 78.7 Å². The first-order valence-corrected chi connectivity index (χ1v) is 9.70. The molecule has 0 spiro atoms. The fourth-order valence-corrected chi connectivity index (χ4v) is 3.66. The zero-order valence-electron chi connectivity index (χ0n) is 16.2. The van der Waals surface area contributed by atoms with Crippen LogP contribution in [0.2, 0.25) is 0 Å². The molecule has 0 aliphatic carbocycles. The monoisotopic (exact) mass is 453 g/mol. The van der Waals surface area contributed by atoms with Crippen molar-refractivity contribution in [2.75, 3.05) is 0 Å². The molecule has 2 N–H and O–H groups in total. The molecular formula is C22H20BrN3O3. The number of carboxylic acid groups (broad SMARTS) is 1. The van der Waals surface area contributed by atoms with E-state index in [0.29, 0.717) is 10.0 Å². The summed E-state index contributed by atoms with van der Waals surface area (Å²) in [6.07, 6.45) is 1.61. The topological polar surface area (TPSA) is 83.7 Å². The molecule has 1 heterocycles. The van der Waals surface area contributed by atoms with E-state index in [0.717, 1.165) is 28.2 Å². The number of hydrogen-bond donors (Lipinski definition) is 2. The molecule has 2 aromatic carbocycles. The zero-order chi connectivity index (χ0) is 21.1. The van der Waals surface area contributed by atoms with Crippen molar-refractivity contribution in [2.24, 2.45) is 5.10 Å². The fraction of sp³-hybridized carbons (Fsp3) is 0.136. The van der Waals surface area contributed by atoms with E-state index in [9.17, 15) is 9.59 Å². The highest BCUT2D eigenvalue weighted by Gasteiger charge is 2.13. The van der Waals surface area contributed by atoms with Crippen molar-refractivity contribution in [3.05, 3.63) is 86.6 Å². The van der Waals surface area contributed by atoms with Crippen molar-refractivity contribution in [2.45, 2.75) is 20.8 Å². The van der Waals surface area contributed by atoms with Crippen molar-refractivity contribution in [3.63, 3.8) is 0 Å². The van der Waals surface area contributed by atoms with Crippen molar-refractivity contribution in [1.29, 1.82) is 0 Å².